The molecule has 1 aromatic heterocycles. The quantitative estimate of drug-likeness (QED) is 0.622. The molecule has 0 radical (unpaired) electrons. The van der Waals surface area contributed by atoms with Crippen molar-refractivity contribution in [3.8, 4) is 5.75 Å². The monoisotopic (exact) mass is 325 g/mol. The maximum absolute atomic E-state index is 12.8. The van der Waals surface area contributed by atoms with E-state index in [2.05, 4.69) is 0 Å². The third-order valence-electron chi connectivity index (χ3n) is 4.95. The Morgan fingerprint density at radius 2 is 1.79 bits per heavy atom. The van der Waals surface area contributed by atoms with E-state index >= 15 is 0 Å². The van der Waals surface area contributed by atoms with Gasteiger partial charge in [0.2, 0.25) is 0 Å². The van der Waals surface area contributed by atoms with E-state index in [0.717, 1.165) is 5.52 Å². The zero-order valence-electron chi connectivity index (χ0n) is 13.8. The van der Waals surface area contributed by atoms with Gasteiger partial charge in [0.15, 0.2) is 5.43 Å². The third kappa shape index (κ3) is 1.85. The summed E-state index contributed by atoms with van der Waals surface area (Å²) in [6.45, 7) is 3.46. The Morgan fingerprint density at radius 3 is 2.54 bits per heavy atom. The predicted octanol–water partition coefficient (Wildman–Crippen LogP) is 2.26. The van der Waals surface area contributed by atoms with Crippen LogP contribution in [0.5, 0.6) is 5.75 Å². The zero-order chi connectivity index (χ0) is 17.2. The van der Waals surface area contributed by atoms with Crippen molar-refractivity contribution in [2.45, 2.75) is 31.7 Å². The highest BCUT2D eigenvalue weighted by atomic mass is 16.5. The minimum atomic E-state index is -1.13. The Bertz CT molecular complexity index is 1030. The maximum atomic E-state index is 12.8. The highest BCUT2D eigenvalue weighted by Crippen LogP contribution is 2.43. The molecule has 0 bridgehead atoms. The topological polar surface area (TPSA) is 71.7 Å². The van der Waals surface area contributed by atoms with Crippen LogP contribution in [0.3, 0.4) is 0 Å². The van der Waals surface area contributed by atoms with Gasteiger partial charge < -0.3 is 19.5 Å². The molecule has 0 unspecified atom stereocenters. The van der Waals surface area contributed by atoms with E-state index in [1.807, 2.05) is 29.8 Å². The van der Waals surface area contributed by atoms with Crippen LogP contribution in [0.1, 0.15) is 25.5 Å². The van der Waals surface area contributed by atoms with Crippen LogP contribution in [-0.4, -0.2) is 26.5 Å². The van der Waals surface area contributed by atoms with E-state index in [0.29, 0.717) is 27.6 Å². The number of para-hydroxylation sites is 1. The van der Waals surface area contributed by atoms with Crippen LogP contribution in [0.25, 0.3) is 21.8 Å². The molecule has 0 fully saturated rings. The number of aliphatic hydroxyl groups is 2. The summed E-state index contributed by atoms with van der Waals surface area (Å²) in [6.07, 6.45) is -2.21. The summed E-state index contributed by atoms with van der Waals surface area (Å²) in [4.78, 5) is 12.8. The average Bonchev–Trinajstić information content (AvgIpc) is 2.56. The van der Waals surface area contributed by atoms with Crippen molar-refractivity contribution in [1.82, 2.24) is 4.57 Å². The lowest BCUT2D eigenvalue weighted by Crippen LogP contribution is -2.49. The molecule has 0 aliphatic carbocycles. The van der Waals surface area contributed by atoms with Crippen LogP contribution >= 0.6 is 0 Å². The van der Waals surface area contributed by atoms with Crippen molar-refractivity contribution >= 4 is 21.8 Å². The molecule has 1 aliphatic rings. The van der Waals surface area contributed by atoms with Gasteiger partial charge in [-0.25, -0.2) is 0 Å². The van der Waals surface area contributed by atoms with Crippen LogP contribution in [0, 0.1) is 0 Å². The average molecular weight is 325 g/mol. The van der Waals surface area contributed by atoms with Gasteiger partial charge in [-0.15, -0.1) is 0 Å². The van der Waals surface area contributed by atoms with E-state index in [1.165, 1.54) is 0 Å². The second-order valence-electron chi connectivity index (χ2n) is 6.87. The van der Waals surface area contributed by atoms with Gasteiger partial charge in [0.1, 0.15) is 23.6 Å². The van der Waals surface area contributed by atoms with Gasteiger partial charge in [-0.2, -0.15) is 0 Å². The first-order valence-corrected chi connectivity index (χ1v) is 7.92. The van der Waals surface area contributed by atoms with Gasteiger partial charge in [0, 0.05) is 23.4 Å². The van der Waals surface area contributed by atoms with Crippen LogP contribution < -0.4 is 10.2 Å². The number of aromatic nitrogens is 1. The molecule has 0 saturated carbocycles. The first-order valence-electron chi connectivity index (χ1n) is 7.92. The smallest absolute Gasteiger partial charge is 0.197 e. The van der Waals surface area contributed by atoms with Gasteiger partial charge in [-0.05, 0) is 38.1 Å². The molecule has 2 atom stereocenters. The highest BCUT2D eigenvalue weighted by Gasteiger charge is 2.43. The standard InChI is InChI=1S/C19H19NO4/c1-19(2)18(23)17(22)14-13(24-19)9-8-11-15(14)20(3)12-7-5-4-6-10(12)16(11)21/h4-9,17-18,22-23H,1-3H3/t17-,18-/m0/s1. The summed E-state index contributed by atoms with van der Waals surface area (Å²) in [5, 5.41) is 22.3. The second-order valence-corrected chi connectivity index (χ2v) is 6.87. The Morgan fingerprint density at radius 1 is 1.08 bits per heavy atom. The van der Waals surface area contributed by atoms with Crippen LogP contribution in [0.2, 0.25) is 0 Å². The number of hydrogen-bond acceptors (Lipinski definition) is 4. The number of aliphatic hydroxyl groups excluding tert-OH is 2. The molecular weight excluding hydrogens is 306 g/mol. The highest BCUT2D eigenvalue weighted by molar-refractivity contribution is 5.96. The van der Waals surface area contributed by atoms with Gasteiger partial charge in [-0.1, -0.05) is 12.1 Å². The second kappa shape index (κ2) is 4.82. The molecule has 2 heterocycles. The molecular formula is C19H19NO4. The molecule has 3 aromatic rings. The largest absolute Gasteiger partial charge is 0.485 e. The van der Waals surface area contributed by atoms with E-state index < -0.39 is 17.8 Å². The molecule has 5 nitrogen and oxygen atoms in total. The number of fused-ring (bicyclic) bond motifs is 4. The third-order valence-corrected chi connectivity index (χ3v) is 4.95. The molecule has 5 heteroatoms. The lowest BCUT2D eigenvalue weighted by Gasteiger charge is -2.40. The van der Waals surface area contributed by atoms with Crippen LogP contribution in [0.4, 0.5) is 0 Å². The fraction of sp³-hybridized carbons (Fsp3) is 0.316. The molecule has 0 saturated heterocycles. The SMILES string of the molecule is Cn1c2ccccc2c(=O)c2ccc3c(c21)[C@H](O)[C@H](O)C(C)(C)O3. The Balaban J connectivity index is 2.19. The summed E-state index contributed by atoms with van der Waals surface area (Å²) in [5.41, 5.74) is 0.835. The van der Waals surface area contributed by atoms with E-state index in [-0.39, 0.29) is 5.43 Å². The number of aryl methyl sites for hydroxylation is 1. The zero-order valence-corrected chi connectivity index (χ0v) is 13.8. The normalized spacial score (nSPS) is 22.4. The Hall–Kier alpha value is -2.37. The fourth-order valence-electron chi connectivity index (χ4n) is 3.61. The van der Waals surface area contributed by atoms with Gasteiger partial charge in [-0.3, -0.25) is 4.79 Å². The van der Waals surface area contributed by atoms with Gasteiger partial charge in [0.05, 0.1) is 11.0 Å². The summed E-state index contributed by atoms with van der Waals surface area (Å²) in [6, 6.07) is 10.8. The van der Waals surface area contributed by atoms with Crippen molar-refractivity contribution in [2.75, 3.05) is 0 Å². The lowest BCUT2D eigenvalue weighted by atomic mass is 9.87. The summed E-state index contributed by atoms with van der Waals surface area (Å²) in [7, 11) is 1.85. The number of pyridine rings is 1. The maximum Gasteiger partial charge on any atom is 0.197 e. The molecule has 124 valence electrons. The predicted molar refractivity (Wildman–Crippen MR) is 92.4 cm³/mol. The van der Waals surface area contributed by atoms with E-state index in [4.69, 9.17) is 4.74 Å². The lowest BCUT2D eigenvalue weighted by molar-refractivity contribution is -0.111. The molecule has 2 aromatic carbocycles. The summed E-state index contributed by atoms with van der Waals surface area (Å²) in [5.74, 6) is 0.496. The van der Waals surface area contributed by atoms with Gasteiger partial charge in [0.25, 0.3) is 0 Å². The molecule has 2 N–H and O–H groups in total. The van der Waals surface area contributed by atoms with E-state index in [1.54, 1.807) is 32.0 Å². The minimum absolute atomic E-state index is 0.0898. The van der Waals surface area contributed by atoms with Crippen molar-refractivity contribution in [3.05, 3.63) is 52.2 Å². The summed E-state index contributed by atoms with van der Waals surface area (Å²) >= 11 is 0. The number of benzene rings is 2. The number of rotatable bonds is 0. The molecule has 4 rings (SSSR count). The molecule has 1 aliphatic heterocycles. The molecule has 0 amide bonds. The van der Waals surface area contributed by atoms with Crippen LogP contribution in [-0.2, 0) is 7.05 Å². The van der Waals surface area contributed by atoms with Crippen molar-refractivity contribution in [3.63, 3.8) is 0 Å². The summed E-state index contributed by atoms with van der Waals surface area (Å²) < 4.78 is 7.77. The number of nitrogens with zero attached hydrogens (tertiary/aromatic N) is 1. The van der Waals surface area contributed by atoms with Crippen molar-refractivity contribution < 1.29 is 14.9 Å². The minimum Gasteiger partial charge on any atom is -0.485 e. The van der Waals surface area contributed by atoms with Crippen molar-refractivity contribution in [2.24, 2.45) is 7.05 Å². The van der Waals surface area contributed by atoms with Crippen molar-refractivity contribution in [1.29, 1.82) is 0 Å². The first kappa shape index (κ1) is 15.2. The molecule has 24 heavy (non-hydrogen) atoms. The number of ether oxygens (including phenoxy) is 1. The van der Waals surface area contributed by atoms with Crippen LogP contribution in [0.15, 0.2) is 41.2 Å². The van der Waals surface area contributed by atoms with Gasteiger partial charge >= 0.3 is 0 Å². The fourth-order valence-corrected chi connectivity index (χ4v) is 3.61. The number of hydrogen-bond donors (Lipinski definition) is 2. The Labute approximate surface area is 138 Å². The van der Waals surface area contributed by atoms with E-state index in [9.17, 15) is 15.0 Å². The first-order chi connectivity index (χ1) is 11.3. The Kier molecular flexibility index (Phi) is 3.04. The molecule has 0 spiro atoms.